The number of hydrogen-bond acceptors (Lipinski definition) is 0. The van der Waals surface area contributed by atoms with Crippen LogP contribution in [0.5, 0.6) is 0 Å². The molecule has 0 spiro atoms. The summed E-state index contributed by atoms with van der Waals surface area (Å²) in [7, 11) is 0. The molecule has 0 fully saturated rings. The molecule has 1 aromatic carbocycles. The van der Waals surface area contributed by atoms with Crippen LogP contribution in [0.15, 0.2) is 34.8 Å². The Hall–Kier alpha value is -0.560. The van der Waals surface area contributed by atoms with Gasteiger partial charge in [-0.15, -0.1) is 0 Å². The molecule has 0 radical (unpaired) electrons. The van der Waals surface area contributed by atoms with Crippen molar-refractivity contribution in [2.45, 2.75) is 20.3 Å². The highest BCUT2D eigenvalue weighted by Gasteiger charge is 1.92. The molecule has 1 aromatic rings. The second-order valence-electron chi connectivity index (χ2n) is 3.55. The fourth-order valence-electron chi connectivity index (χ4n) is 1.08. The zero-order valence-electron chi connectivity index (χ0n) is 8.13. The van der Waals surface area contributed by atoms with Crippen molar-refractivity contribution in [2.75, 3.05) is 0 Å². The molecule has 1 rings (SSSR count). The predicted molar refractivity (Wildman–Crippen MR) is 62.6 cm³/mol. The summed E-state index contributed by atoms with van der Waals surface area (Å²) in [5.41, 5.74) is 1.25. The van der Waals surface area contributed by atoms with Gasteiger partial charge in [0.1, 0.15) is 0 Å². The minimum Gasteiger partial charge on any atom is -0.0836 e. The molecule has 0 bridgehead atoms. The van der Waals surface area contributed by atoms with Crippen molar-refractivity contribution in [1.29, 1.82) is 0 Å². The van der Waals surface area contributed by atoms with Gasteiger partial charge in [0.25, 0.3) is 0 Å². The van der Waals surface area contributed by atoms with E-state index in [2.05, 4.69) is 60.1 Å². The standard InChI is InChI=1S/C12H15Br/c1-10(2)6-5-8-11-7-3-4-9-12(11)13/h3-5,7-10H,6H2,1-2H3/b8-5-. The first-order valence-corrected chi connectivity index (χ1v) is 5.40. The molecule has 0 saturated heterocycles. The molecule has 13 heavy (non-hydrogen) atoms. The quantitative estimate of drug-likeness (QED) is 0.728. The van der Waals surface area contributed by atoms with Gasteiger partial charge >= 0.3 is 0 Å². The molecule has 0 aliphatic heterocycles. The Labute approximate surface area is 88.8 Å². The topological polar surface area (TPSA) is 0 Å². The fourth-order valence-corrected chi connectivity index (χ4v) is 1.49. The molecular formula is C12H15Br. The number of rotatable bonds is 3. The third-order valence-electron chi connectivity index (χ3n) is 1.81. The van der Waals surface area contributed by atoms with Crippen LogP contribution >= 0.6 is 15.9 Å². The van der Waals surface area contributed by atoms with Gasteiger partial charge in [-0.2, -0.15) is 0 Å². The lowest BCUT2D eigenvalue weighted by Gasteiger charge is -1.99. The molecule has 0 saturated carbocycles. The van der Waals surface area contributed by atoms with Gasteiger partial charge in [0, 0.05) is 4.47 Å². The van der Waals surface area contributed by atoms with Gasteiger partial charge in [-0.25, -0.2) is 0 Å². The summed E-state index contributed by atoms with van der Waals surface area (Å²) in [5.74, 6) is 0.735. The van der Waals surface area contributed by atoms with Crippen molar-refractivity contribution in [3.05, 3.63) is 40.4 Å². The second-order valence-corrected chi connectivity index (χ2v) is 4.41. The minimum atomic E-state index is 0.735. The van der Waals surface area contributed by atoms with Crippen LogP contribution < -0.4 is 0 Å². The average molecular weight is 239 g/mol. The van der Waals surface area contributed by atoms with E-state index in [-0.39, 0.29) is 0 Å². The van der Waals surface area contributed by atoms with Gasteiger partial charge in [0.15, 0.2) is 0 Å². The maximum absolute atomic E-state index is 3.51. The first kappa shape index (κ1) is 10.5. The average Bonchev–Trinajstić information content (AvgIpc) is 2.08. The molecule has 0 aliphatic carbocycles. The summed E-state index contributed by atoms with van der Waals surface area (Å²) < 4.78 is 1.16. The first-order chi connectivity index (χ1) is 6.20. The van der Waals surface area contributed by atoms with Gasteiger partial charge in [0.2, 0.25) is 0 Å². The SMILES string of the molecule is CC(C)C/C=C\c1ccccc1Br. The lowest BCUT2D eigenvalue weighted by molar-refractivity contribution is 0.665. The van der Waals surface area contributed by atoms with Gasteiger partial charge in [0.05, 0.1) is 0 Å². The maximum atomic E-state index is 3.51. The van der Waals surface area contributed by atoms with Crippen molar-refractivity contribution >= 4 is 22.0 Å². The number of benzene rings is 1. The number of allylic oxidation sites excluding steroid dienone is 1. The van der Waals surface area contributed by atoms with Gasteiger partial charge in [-0.05, 0) is 24.0 Å². The molecule has 1 heteroatoms. The first-order valence-electron chi connectivity index (χ1n) is 4.61. The molecule has 0 unspecified atom stereocenters. The van der Waals surface area contributed by atoms with Crippen LogP contribution in [-0.2, 0) is 0 Å². The van der Waals surface area contributed by atoms with Crippen LogP contribution in [0, 0.1) is 5.92 Å². The lowest BCUT2D eigenvalue weighted by atomic mass is 10.1. The zero-order valence-corrected chi connectivity index (χ0v) is 9.71. The van der Waals surface area contributed by atoms with Gasteiger partial charge in [-0.1, -0.05) is 60.1 Å². The maximum Gasteiger partial charge on any atom is 0.0247 e. The van der Waals surface area contributed by atoms with E-state index in [9.17, 15) is 0 Å². The van der Waals surface area contributed by atoms with E-state index in [0.29, 0.717) is 0 Å². The normalized spacial score (nSPS) is 11.4. The molecule has 0 atom stereocenters. The highest BCUT2D eigenvalue weighted by molar-refractivity contribution is 9.10. The van der Waals surface area contributed by atoms with E-state index < -0.39 is 0 Å². The molecule has 0 nitrogen and oxygen atoms in total. The van der Waals surface area contributed by atoms with Crippen molar-refractivity contribution in [3.63, 3.8) is 0 Å². The van der Waals surface area contributed by atoms with Crippen LogP contribution in [0.3, 0.4) is 0 Å². The van der Waals surface area contributed by atoms with Crippen LogP contribution in [0.4, 0.5) is 0 Å². The number of halogens is 1. The van der Waals surface area contributed by atoms with Crippen molar-refractivity contribution in [3.8, 4) is 0 Å². The Balaban J connectivity index is 2.63. The largest absolute Gasteiger partial charge is 0.0836 e. The summed E-state index contributed by atoms with van der Waals surface area (Å²) in [5, 5.41) is 0. The van der Waals surface area contributed by atoms with Crippen molar-refractivity contribution in [2.24, 2.45) is 5.92 Å². The third-order valence-corrected chi connectivity index (χ3v) is 2.53. The van der Waals surface area contributed by atoms with E-state index in [1.807, 2.05) is 6.07 Å². The Morgan fingerprint density at radius 1 is 1.31 bits per heavy atom. The summed E-state index contributed by atoms with van der Waals surface area (Å²) in [6, 6.07) is 8.26. The molecule has 0 heterocycles. The Morgan fingerprint density at radius 2 is 2.00 bits per heavy atom. The van der Waals surface area contributed by atoms with Crippen LogP contribution in [0.1, 0.15) is 25.8 Å². The molecule has 70 valence electrons. The Kier molecular flexibility index (Phi) is 4.23. The van der Waals surface area contributed by atoms with E-state index in [1.165, 1.54) is 5.56 Å². The predicted octanol–water partition coefficient (Wildman–Crippen LogP) is 4.51. The van der Waals surface area contributed by atoms with E-state index in [4.69, 9.17) is 0 Å². The summed E-state index contributed by atoms with van der Waals surface area (Å²) >= 11 is 3.51. The number of hydrogen-bond donors (Lipinski definition) is 0. The minimum absolute atomic E-state index is 0.735. The Morgan fingerprint density at radius 3 is 2.62 bits per heavy atom. The summed E-state index contributed by atoms with van der Waals surface area (Å²) in [4.78, 5) is 0. The van der Waals surface area contributed by atoms with E-state index in [0.717, 1.165) is 16.8 Å². The smallest absolute Gasteiger partial charge is 0.0247 e. The van der Waals surface area contributed by atoms with Crippen LogP contribution in [0.2, 0.25) is 0 Å². The monoisotopic (exact) mass is 238 g/mol. The van der Waals surface area contributed by atoms with Gasteiger partial charge in [-0.3, -0.25) is 0 Å². The van der Waals surface area contributed by atoms with Crippen molar-refractivity contribution < 1.29 is 0 Å². The molecule has 0 N–H and O–H groups in total. The second kappa shape index (κ2) is 5.23. The fraction of sp³-hybridized carbons (Fsp3) is 0.333. The van der Waals surface area contributed by atoms with E-state index >= 15 is 0 Å². The van der Waals surface area contributed by atoms with E-state index in [1.54, 1.807) is 0 Å². The highest BCUT2D eigenvalue weighted by Crippen LogP contribution is 2.17. The van der Waals surface area contributed by atoms with Gasteiger partial charge < -0.3 is 0 Å². The highest BCUT2D eigenvalue weighted by atomic mass is 79.9. The molecule has 0 aromatic heterocycles. The molecule has 0 aliphatic rings. The summed E-state index contributed by atoms with van der Waals surface area (Å²) in [6.45, 7) is 4.45. The Bertz CT molecular complexity index is 287. The lowest BCUT2D eigenvalue weighted by Crippen LogP contribution is -1.81. The molecule has 0 amide bonds. The van der Waals surface area contributed by atoms with Crippen LogP contribution in [-0.4, -0.2) is 0 Å². The zero-order chi connectivity index (χ0) is 9.68. The third kappa shape index (κ3) is 3.77. The van der Waals surface area contributed by atoms with Crippen molar-refractivity contribution in [1.82, 2.24) is 0 Å². The summed E-state index contributed by atoms with van der Waals surface area (Å²) in [6.07, 6.45) is 5.54. The van der Waals surface area contributed by atoms with Crippen LogP contribution in [0.25, 0.3) is 6.08 Å². The molecular weight excluding hydrogens is 224 g/mol.